The van der Waals surface area contributed by atoms with Gasteiger partial charge in [-0.1, -0.05) is 30.3 Å². The summed E-state index contributed by atoms with van der Waals surface area (Å²) < 4.78 is 0. The van der Waals surface area contributed by atoms with Crippen molar-refractivity contribution in [2.45, 2.75) is 57.0 Å². The number of aliphatic carboxylic acids is 2. The highest BCUT2D eigenvalue weighted by Gasteiger charge is 2.31. The molecule has 5 atom stereocenters. The van der Waals surface area contributed by atoms with E-state index in [9.17, 15) is 29.1 Å². The van der Waals surface area contributed by atoms with E-state index in [0.29, 0.717) is 5.56 Å². The van der Waals surface area contributed by atoms with Crippen LogP contribution < -0.4 is 21.7 Å². The molecule has 0 saturated heterocycles. The summed E-state index contributed by atoms with van der Waals surface area (Å²) in [5.74, 6) is -5.48. The maximum absolute atomic E-state index is 12.9. The minimum atomic E-state index is -1.59. The molecule has 0 aliphatic rings. The Bertz CT molecular complexity index is 830. The Morgan fingerprint density at radius 3 is 1.91 bits per heavy atom. The van der Waals surface area contributed by atoms with Crippen LogP contribution in [0.1, 0.15) is 25.8 Å². The number of nitrogens with one attached hydrogen (secondary N) is 3. The van der Waals surface area contributed by atoms with E-state index in [2.05, 4.69) is 16.0 Å². The average molecular weight is 452 g/mol. The molecule has 0 aliphatic heterocycles. The van der Waals surface area contributed by atoms with Crippen molar-refractivity contribution < 1.29 is 39.3 Å². The van der Waals surface area contributed by atoms with Crippen LogP contribution in [0, 0.1) is 0 Å². The van der Waals surface area contributed by atoms with E-state index in [0.717, 1.165) is 0 Å². The zero-order chi connectivity index (χ0) is 24.4. The van der Waals surface area contributed by atoms with Gasteiger partial charge in [0.15, 0.2) is 0 Å². The summed E-state index contributed by atoms with van der Waals surface area (Å²) in [5.41, 5.74) is 6.26. The molecule has 3 amide bonds. The minimum absolute atomic E-state index is 0.0160. The summed E-state index contributed by atoms with van der Waals surface area (Å²) in [6.45, 7) is 2.48. The molecule has 0 aromatic heterocycles. The first kappa shape index (κ1) is 26.5. The molecule has 0 saturated carbocycles. The fourth-order valence-corrected chi connectivity index (χ4v) is 2.58. The van der Waals surface area contributed by atoms with Crippen LogP contribution in [0.3, 0.4) is 0 Å². The number of hydrogen-bond acceptors (Lipinski definition) is 7. The van der Waals surface area contributed by atoms with Crippen molar-refractivity contribution in [1.29, 1.82) is 0 Å². The van der Waals surface area contributed by atoms with Crippen LogP contribution in [0.4, 0.5) is 0 Å². The number of carboxylic acid groups (broad SMARTS) is 2. The number of carbonyl (C=O) groups is 5. The van der Waals surface area contributed by atoms with Gasteiger partial charge in [-0.25, -0.2) is 0 Å². The van der Waals surface area contributed by atoms with Crippen molar-refractivity contribution in [3.05, 3.63) is 35.9 Å². The predicted molar refractivity (Wildman–Crippen MR) is 111 cm³/mol. The molecular weight excluding hydrogens is 424 g/mol. The molecule has 0 radical (unpaired) electrons. The molecule has 0 fully saturated rings. The smallest absolute Gasteiger partial charge is 0.325 e. The van der Waals surface area contributed by atoms with Crippen molar-refractivity contribution in [2.24, 2.45) is 5.73 Å². The number of hydrogen-bond donors (Lipinski definition) is 7. The Morgan fingerprint density at radius 2 is 1.41 bits per heavy atom. The number of amides is 3. The normalized spacial score (nSPS) is 15.4. The van der Waals surface area contributed by atoms with Gasteiger partial charge >= 0.3 is 11.9 Å². The van der Waals surface area contributed by atoms with Gasteiger partial charge in [0.05, 0.1) is 12.5 Å². The third kappa shape index (κ3) is 8.70. The molecular formula is C20H28N4O8. The maximum atomic E-state index is 12.9. The molecule has 8 N–H and O–H groups in total. The van der Waals surface area contributed by atoms with Gasteiger partial charge in [-0.05, 0) is 19.4 Å². The fourth-order valence-electron chi connectivity index (χ4n) is 2.58. The number of aliphatic hydroxyl groups is 1. The molecule has 12 heteroatoms. The van der Waals surface area contributed by atoms with E-state index in [1.54, 1.807) is 30.3 Å². The Hall–Kier alpha value is -3.51. The fraction of sp³-hybridized carbons (Fsp3) is 0.450. The lowest BCUT2D eigenvalue weighted by Crippen LogP contribution is -2.58. The van der Waals surface area contributed by atoms with Gasteiger partial charge in [-0.3, -0.25) is 24.0 Å². The lowest BCUT2D eigenvalue weighted by molar-refractivity contribution is -0.143. The zero-order valence-electron chi connectivity index (χ0n) is 17.6. The van der Waals surface area contributed by atoms with Crippen LogP contribution in [0.2, 0.25) is 0 Å². The van der Waals surface area contributed by atoms with E-state index in [1.165, 1.54) is 13.8 Å². The van der Waals surface area contributed by atoms with Crippen LogP contribution in [-0.4, -0.2) is 75.3 Å². The number of rotatable bonds is 12. The van der Waals surface area contributed by atoms with Crippen LogP contribution >= 0.6 is 0 Å². The Morgan fingerprint density at radius 1 is 0.875 bits per heavy atom. The van der Waals surface area contributed by atoms with E-state index < -0.39 is 66.4 Å². The van der Waals surface area contributed by atoms with Crippen LogP contribution in [0.25, 0.3) is 0 Å². The van der Waals surface area contributed by atoms with Crippen molar-refractivity contribution >= 4 is 29.7 Å². The molecule has 0 heterocycles. The summed E-state index contributed by atoms with van der Waals surface area (Å²) in [4.78, 5) is 59.6. The Labute approximate surface area is 184 Å². The Balaban J connectivity index is 3.07. The molecule has 176 valence electrons. The topological polar surface area (TPSA) is 208 Å². The van der Waals surface area contributed by atoms with Crippen molar-refractivity contribution in [3.63, 3.8) is 0 Å². The molecule has 12 nitrogen and oxygen atoms in total. The maximum Gasteiger partial charge on any atom is 0.325 e. The number of aliphatic hydroxyl groups excluding tert-OH is 1. The standard InChI is InChI=1S/C20H28N4O8/c1-10(20(31)32)22-17(28)14(9-15(26)27)23-18(29)13(8-12-6-4-3-5-7-12)24-19(30)16(21)11(2)25/h3-7,10-11,13-14,16,25H,8-9,21H2,1-2H3,(H,22,28)(H,23,29)(H,24,30)(H,26,27)(H,31,32). The second kappa shape index (κ2) is 12.4. The van der Waals surface area contributed by atoms with Crippen LogP contribution in [0.15, 0.2) is 30.3 Å². The second-order valence-electron chi connectivity index (χ2n) is 7.24. The van der Waals surface area contributed by atoms with Crippen molar-refractivity contribution in [2.75, 3.05) is 0 Å². The molecule has 0 spiro atoms. The van der Waals surface area contributed by atoms with E-state index >= 15 is 0 Å². The first-order valence-electron chi connectivity index (χ1n) is 9.75. The summed E-state index contributed by atoms with van der Waals surface area (Å²) in [5, 5.41) is 34.3. The molecule has 1 aromatic carbocycles. The van der Waals surface area contributed by atoms with Crippen molar-refractivity contribution in [3.8, 4) is 0 Å². The van der Waals surface area contributed by atoms with Gasteiger partial charge in [0.1, 0.15) is 24.2 Å². The number of benzene rings is 1. The monoisotopic (exact) mass is 452 g/mol. The summed E-state index contributed by atoms with van der Waals surface area (Å²) in [6.07, 6.45) is -2.03. The van der Waals surface area contributed by atoms with Crippen LogP contribution in [-0.2, 0) is 30.4 Å². The summed E-state index contributed by atoms with van der Waals surface area (Å²) in [7, 11) is 0. The van der Waals surface area contributed by atoms with Gasteiger partial charge in [-0.15, -0.1) is 0 Å². The number of carbonyl (C=O) groups excluding carboxylic acids is 3. The predicted octanol–water partition coefficient (Wildman–Crippen LogP) is -2.03. The first-order valence-corrected chi connectivity index (χ1v) is 9.75. The highest BCUT2D eigenvalue weighted by molar-refractivity contribution is 5.95. The van der Waals surface area contributed by atoms with Crippen LogP contribution in [0.5, 0.6) is 0 Å². The molecule has 0 bridgehead atoms. The number of carboxylic acids is 2. The lowest BCUT2D eigenvalue weighted by atomic mass is 10.0. The van der Waals surface area contributed by atoms with E-state index in [-0.39, 0.29) is 6.42 Å². The lowest BCUT2D eigenvalue weighted by Gasteiger charge is -2.24. The summed E-state index contributed by atoms with van der Waals surface area (Å²) >= 11 is 0. The SMILES string of the molecule is CC(NC(=O)C(CC(=O)O)NC(=O)C(Cc1ccccc1)NC(=O)C(N)C(C)O)C(=O)O. The Kier molecular flexibility index (Phi) is 10.3. The van der Waals surface area contributed by atoms with Gasteiger partial charge in [0.25, 0.3) is 0 Å². The largest absolute Gasteiger partial charge is 0.481 e. The molecule has 0 aliphatic carbocycles. The van der Waals surface area contributed by atoms with Crippen molar-refractivity contribution in [1.82, 2.24) is 16.0 Å². The zero-order valence-corrected chi connectivity index (χ0v) is 17.6. The third-order valence-electron chi connectivity index (χ3n) is 4.48. The molecule has 1 rings (SSSR count). The van der Waals surface area contributed by atoms with Gasteiger partial charge < -0.3 is 37.0 Å². The average Bonchev–Trinajstić information content (AvgIpc) is 2.72. The van der Waals surface area contributed by atoms with Gasteiger partial charge in [0.2, 0.25) is 17.7 Å². The molecule has 32 heavy (non-hydrogen) atoms. The quantitative estimate of drug-likeness (QED) is 0.186. The first-order chi connectivity index (χ1) is 14.9. The van der Waals surface area contributed by atoms with Gasteiger partial charge in [0, 0.05) is 6.42 Å². The summed E-state index contributed by atoms with van der Waals surface area (Å²) in [6, 6.07) is 3.06. The molecule has 1 aromatic rings. The second-order valence-corrected chi connectivity index (χ2v) is 7.24. The molecule has 5 unspecified atom stereocenters. The minimum Gasteiger partial charge on any atom is -0.481 e. The van der Waals surface area contributed by atoms with E-state index in [4.69, 9.17) is 15.9 Å². The van der Waals surface area contributed by atoms with E-state index in [1.807, 2.05) is 0 Å². The highest BCUT2D eigenvalue weighted by atomic mass is 16.4. The number of nitrogens with two attached hydrogens (primary N) is 1. The van der Waals surface area contributed by atoms with Gasteiger partial charge in [-0.2, -0.15) is 0 Å². The highest BCUT2D eigenvalue weighted by Crippen LogP contribution is 2.06. The third-order valence-corrected chi connectivity index (χ3v) is 4.48.